The Labute approximate surface area is 119 Å². The van der Waals surface area contributed by atoms with Crippen molar-refractivity contribution in [2.75, 3.05) is 31.9 Å². The maximum absolute atomic E-state index is 6.10. The molecule has 20 heavy (non-hydrogen) atoms. The molecule has 0 aliphatic heterocycles. The van der Waals surface area contributed by atoms with E-state index in [1.165, 1.54) is 5.56 Å². The third-order valence-electron chi connectivity index (χ3n) is 3.21. The molecule has 0 saturated carbocycles. The number of methoxy groups -OCH3 is 2. The van der Waals surface area contributed by atoms with Crippen LogP contribution in [-0.2, 0) is 6.54 Å². The van der Waals surface area contributed by atoms with Crippen LogP contribution >= 0.6 is 0 Å². The summed E-state index contributed by atoms with van der Waals surface area (Å²) in [6.45, 7) is 0.778. The van der Waals surface area contributed by atoms with Gasteiger partial charge in [0.15, 0.2) is 11.5 Å². The molecule has 0 aliphatic carbocycles. The molecular formula is C16H20N2O2. The van der Waals surface area contributed by atoms with Crippen molar-refractivity contribution in [1.82, 2.24) is 0 Å². The molecule has 0 fully saturated rings. The fourth-order valence-corrected chi connectivity index (χ4v) is 2.16. The van der Waals surface area contributed by atoms with Gasteiger partial charge in [0, 0.05) is 25.7 Å². The van der Waals surface area contributed by atoms with E-state index in [1.807, 2.05) is 31.3 Å². The Morgan fingerprint density at radius 1 is 1.00 bits per heavy atom. The number of hydrogen-bond acceptors (Lipinski definition) is 4. The maximum atomic E-state index is 6.10. The molecule has 4 heteroatoms. The third-order valence-corrected chi connectivity index (χ3v) is 3.21. The van der Waals surface area contributed by atoms with Crippen molar-refractivity contribution in [2.24, 2.45) is 0 Å². The highest BCUT2D eigenvalue weighted by atomic mass is 16.5. The zero-order chi connectivity index (χ0) is 14.5. The fourth-order valence-electron chi connectivity index (χ4n) is 2.16. The second-order valence-electron chi connectivity index (χ2n) is 4.61. The summed E-state index contributed by atoms with van der Waals surface area (Å²) in [5, 5.41) is 0. The molecule has 106 valence electrons. The van der Waals surface area contributed by atoms with Gasteiger partial charge in [0.1, 0.15) is 0 Å². The van der Waals surface area contributed by atoms with E-state index >= 15 is 0 Å². The minimum Gasteiger partial charge on any atom is -0.493 e. The molecule has 0 heterocycles. The van der Waals surface area contributed by atoms with Gasteiger partial charge >= 0.3 is 0 Å². The zero-order valence-electron chi connectivity index (χ0n) is 12.1. The summed E-state index contributed by atoms with van der Waals surface area (Å²) in [6.07, 6.45) is 0. The number of nitrogen functional groups attached to an aromatic ring is 1. The van der Waals surface area contributed by atoms with Crippen molar-refractivity contribution >= 4 is 11.4 Å². The molecule has 0 spiro atoms. The van der Waals surface area contributed by atoms with Crippen LogP contribution in [0.5, 0.6) is 11.5 Å². The first-order valence-electron chi connectivity index (χ1n) is 6.42. The highest BCUT2D eigenvalue weighted by molar-refractivity contribution is 5.73. The first kappa shape index (κ1) is 14.1. The van der Waals surface area contributed by atoms with Gasteiger partial charge in [-0.05, 0) is 5.56 Å². The van der Waals surface area contributed by atoms with E-state index in [9.17, 15) is 0 Å². The van der Waals surface area contributed by atoms with Gasteiger partial charge in [0.25, 0.3) is 0 Å². The van der Waals surface area contributed by atoms with Crippen molar-refractivity contribution in [1.29, 1.82) is 0 Å². The van der Waals surface area contributed by atoms with E-state index in [0.29, 0.717) is 17.2 Å². The quantitative estimate of drug-likeness (QED) is 0.850. The van der Waals surface area contributed by atoms with E-state index in [1.54, 1.807) is 20.3 Å². The first-order valence-corrected chi connectivity index (χ1v) is 6.42. The number of nitrogens with zero attached hydrogens (tertiary/aromatic N) is 1. The minimum absolute atomic E-state index is 0.641. The molecule has 2 aromatic rings. The van der Waals surface area contributed by atoms with E-state index in [2.05, 4.69) is 17.0 Å². The first-order chi connectivity index (χ1) is 9.65. The molecular weight excluding hydrogens is 252 g/mol. The van der Waals surface area contributed by atoms with Crippen molar-refractivity contribution in [3.05, 3.63) is 48.0 Å². The lowest BCUT2D eigenvalue weighted by Crippen LogP contribution is -2.18. The lowest BCUT2D eigenvalue weighted by atomic mass is 10.2. The molecule has 4 nitrogen and oxygen atoms in total. The lowest BCUT2D eigenvalue weighted by molar-refractivity contribution is 0.355. The molecule has 0 bridgehead atoms. The SMILES string of the molecule is COc1cc(N)c(N(C)Cc2ccccc2)cc1OC. The smallest absolute Gasteiger partial charge is 0.162 e. The Morgan fingerprint density at radius 2 is 1.60 bits per heavy atom. The van der Waals surface area contributed by atoms with Crippen molar-refractivity contribution in [3.63, 3.8) is 0 Å². The summed E-state index contributed by atoms with van der Waals surface area (Å²) in [7, 11) is 5.23. The molecule has 2 N–H and O–H groups in total. The van der Waals surface area contributed by atoms with Gasteiger partial charge in [0.05, 0.1) is 25.6 Å². The number of benzene rings is 2. The summed E-state index contributed by atoms with van der Waals surface area (Å²) >= 11 is 0. The fraction of sp³-hybridized carbons (Fsp3) is 0.250. The Balaban J connectivity index is 2.27. The number of nitrogens with two attached hydrogens (primary N) is 1. The van der Waals surface area contributed by atoms with Crippen LogP contribution in [0.1, 0.15) is 5.56 Å². The van der Waals surface area contributed by atoms with E-state index < -0.39 is 0 Å². The Hall–Kier alpha value is -2.36. The predicted molar refractivity (Wildman–Crippen MR) is 82.5 cm³/mol. The average molecular weight is 272 g/mol. The average Bonchev–Trinajstić information content (AvgIpc) is 2.47. The van der Waals surface area contributed by atoms with Crippen LogP contribution in [0, 0.1) is 0 Å². The highest BCUT2D eigenvalue weighted by Crippen LogP contribution is 2.36. The molecule has 0 atom stereocenters. The van der Waals surface area contributed by atoms with Gasteiger partial charge in [-0.3, -0.25) is 0 Å². The van der Waals surface area contributed by atoms with Crippen molar-refractivity contribution < 1.29 is 9.47 Å². The molecule has 0 radical (unpaired) electrons. The summed E-state index contributed by atoms with van der Waals surface area (Å²) in [6, 6.07) is 13.9. The second kappa shape index (κ2) is 6.19. The topological polar surface area (TPSA) is 47.7 Å². The summed E-state index contributed by atoms with van der Waals surface area (Å²) < 4.78 is 10.6. The predicted octanol–water partition coefficient (Wildman–Crippen LogP) is 2.92. The Kier molecular flexibility index (Phi) is 4.35. The third kappa shape index (κ3) is 2.96. The minimum atomic E-state index is 0.641. The van der Waals surface area contributed by atoms with Crippen LogP contribution in [0.3, 0.4) is 0 Å². The van der Waals surface area contributed by atoms with Gasteiger partial charge < -0.3 is 20.1 Å². The van der Waals surface area contributed by atoms with Crippen LogP contribution in [0.2, 0.25) is 0 Å². The molecule has 0 aromatic heterocycles. The van der Waals surface area contributed by atoms with Crippen LogP contribution in [0.4, 0.5) is 11.4 Å². The van der Waals surface area contributed by atoms with Crippen LogP contribution < -0.4 is 20.1 Å². The number of hydrogen-bond donors (Lipinski definition) is 1. The van der Waals surface area contributed by atoms with Crippen LogP contribution in [-0.4, -0.2) is 21.3 Å². The molecule has 2 aromatic carbocycles. The van der Waals surface area contributed by atoms with Gasteiger partial charge in [-0.2, -0.15) is 0 Å². The maximum Gasteiger partial charge on any atom is 0.162 e. The van der Waals surface area contributed by atoms with Crippen LogP contribution in [0.25, 0.3) is 0 Å². The zero-order valence-corrected chi connectivity index (χ0v) is 12.1. The number of rotatable bonds is 5. The lowest BCUT2D eigenvalue weighted by Gasteiger charge is -2.22. The van der Waals surface area contributed by atoms with Gasteiger partial charge in [-0.25, -0.2) is 0 Å². The van der Waals surface area contributed by atoms with E-state index in [0.717, 1.165) is 12.2 Å². The Bertz CT molecular complexity index is 570. The van der Waals surface area contributed by atoms with Crippen molar-refractivity contribution in [3.8, 4) is 11.5 Å². The second-order valence-corrected chi connectivity index (χ2v) is 4.61. The van der Waals surface area contributed by atoms with Crippen LogP contribution in [0.15, 0.2) is 42.5 Å². The monoisotopic (exact) mass is 272 g/mol. The summed E-state index contributed by atoms with van der Waals surface area (Å²) in [4.78, 5) is 2.09. The Morgan fingerprint density at radius 3 is 2.20 bits per heavy atom. The molecule has 0 unspecified atom stereocenters. The highest BCUT2D eigenvalue weighted by Gasteiger charge is 2.12. The van der Waals surface area contributed by atoms with Gasteiger partial charge in [0.2, 0.25) is 0 Å². The van der Waals surface area contributed by atoms with Crippen molar-refractivity contribution in [2.45, 2.75) is 6.54 Å². The molecule has 0 amide bonds. The standard InChI is InChI=1S/C16H20N2O2/c1-18(11-12-7-5-4-6-8-12)14-10-16(20-3)15(19-2)9-13(14)17/h4-10H,11,17H2,1-3H3. The number of anilines is 2. The van der Waals surface area contributed by atoms with Gasteiger partial charge in [-0.1, -0.05) is 30.3 Å². The summed E-state index contributed by atoms with van der Waals surface area (Å²) in [5.41, 5.74) is 8.91. The molecule has 0 saturated heterocycles. The molecule has 0 aliphatic rings. The van der Waals surface area contributed by atoms with E-state index in [4.69, 9.17) is 15.2 Å². The number of ether oxygens (including phenoxy) is 2. The normalized spacial score (nSPS) is 10.2. The molecule has 2 rings (SSSR count). The summed E-state index contributed by atoms with van der Waals surface area (Å²) in [5.74, 6) is 1.32. The van der Waals surface area contributed by atoms with Gasteiger partial charge in [-0.15, -0.1) is 0 Å². The van der Waals surface area contributed by atoms with E-state index in [-0.39, 0.29) is 0 Å². The largest absolute Gasteiger partial charge is 0.493 e.